The predicted molar refractivity (Wildman–Crippen MR) is 73.2 cm³/mol. The predicted octanol–water partition coefficient (Wildman–Crippen LogP) is 2.30. The molecule has 0 fully saturated rings. The van der Waals surface area contributed by atoms with Crippen LogP contribution in [0.4, 0.5) is 10.3 Å². The maximum Gasteiger partial charge on any atom is 0.239 e. The van der Waals surface area contributed by atoms with Crippen LogP contribution in [0.25, 0.3) is 0 Å². The number of halogens is 1. The molecule has 0 saturated heterocycles. The number of hydrogen-bond donors (Lipinski definition) is 1. The summed E-state index contributed by atoms with van der Waals surface area (Å²) in [5.74, 6) is 1.61. The molecule has 0 aliphatic carbocycles. The van der Waals surface area contributed by atoms with Gasteiger partial charge in [-0.3, -0.25) is 0 Å². The molecule has 0 spiro atoms. The molecule has 20 heavy (non-hydrogen) atoms. The van der Waals surface area contributed by atoms with Crippen molar-refractivity contribution < 1.29 is 9.13 Å². The summed E-state index contributed by atoms with van der Waals surface area (Å²) in [5, 5.41) is 4.20. The van der Waals surface area contributed by atoms with Crippen molar-refractivity contribution in [1.29, 1.82) is 0 Å². The lowest BCUT2D eigenvalue weighted by Crippen LogP contribution is -2.22. The largest absolute Gasteiger partial charge is 0.494 e. The van der Waals surface area contributed by atoms with Crippen molar-refractivity contribution in [3.8, 4) is 5.75 Å². The minimum Gasteiger partial charge on any atom is -0.494 e. The summed E-state index contributed by atoms with van der Waals surface area (Å²) in [4.78, 5) is 4.24. The average molecular weight is 276 g/mol. The molecule has 2 aromatic rings. The van der Waals surface area contributed by atoms with Gasteiger partial charge in [0.25, 0.3) is 0 Å². The zero-order valence-corrected chi connectivity index (χ0v) is 11.5. The number of methoxy groups -OCH3 is 1. The van der Waals surface area contributed by atoms with Crippen molar-refractivity contribution in [2.75, 3.05) is 12.8 Å². The first kappa shape index (κ1) is 12.9. The molecule has 0 amide bonds. The van der Waals surface area contributed by atoms with E-state index in [0.717, 1.165) is 17.8 Å². The molecule has 2 heterocycles. The van der Waals surface area contributed by atoms with Crippen molar-refractivity contribution in [1.82, 2.24) is 14.8 Å². The highest BCUT2D eigenvalue weighted by Crippen LogP contribution is 2.36. The molecule has 1 aliphatic rings. The molecule has 0 saturated carbocycles. The molecule has 1 aliphatic heterocycles. The number of ether oxygens (including phenoxy) is 1. The van der Waals surface area contributed by atoms with Gasteiger partial charge in [0.05, 0.1) is 7.11 Å². The van der Waals surface area contributed by atoms with Crippen molar-refractivity contribution in [3.63, 3.8) is 0 Å². The second-order valence-electron chi connectivity index (χ2n) is 5.24. The summed E-state index contributed by atoms with van der Waals surface area (Å²) in [6.07, 6.45) is 0.907. The number of benzene rings is 1. The highest BCUT2D eigenvalue weighted by atomic mass is 19.1. The van der Waals surface area contributed by atoms with Gasteiger partial charge >= 0.3 is 0 Å². The molecule has 2 atom stereocenters. The molecule has 0 radical (unpaired) electrons. The van der Waals surface area contributed by atoms with Crippen LogP contribution in [0.3, 0.4) is 0 Å². The fraction of sp³-hybridized carbons (Fsp3) is 0.429. The van der Waals surface area contributed by atoms with Crippen molar-refractivity contribution >= 4 is 5.95 Å². The summed E-state index contributed by atoms with van der Waals surface area (Å²) >= 11 is 0. The molecule has 5 nitrogen and oxygen atoms in total. The van der Waals surface area contributed by atoms with Crippen LogP contribution < -0.4 is 10.5 Å². The molecule has 106 valence electrons. The summed E-state index contributed by atoms with van der Waals surface area (Å²) < 4.78 is 20.6. The highest BCUT2D eigenvalue weighted by molar-refractivity contribution is 5.32. The number of nitrogen functional groups attached to an aromatic ring is 1. The van der Waals surface area contributed by atoms with E-state index >= 15 is 0 Å². The average Bonchev–Trinajstić information content (AvgIpc) is 2.79. The number of fused-ring (bicyclic) bond motifs is 1. The Morgan fingerprint density at radius 1 is 1.45 bits per heavy atom. The Bertz CT molecular complexity index is 640. The lowest BCUT2D eigenvalue weighted by Gasteiger charge is -2.27. The Morgan fingerprint density at radius 2 is 2.25 bits per heavy atom. The SMILES string of the molecule is COc1ccc(C2CC(C)c3nc(N)nn3C2)cc1F. The van der Waals surface area contributed by atoms with Gasteiger partial charge in [-0.25, -0.2) is 9.07 Å². The Balaban J connectivity index is 1.91. The van der Waals surface area contributed by atoms with Crippen LogP contribution >= 0.6 is 0 Å². The van der Waals surface area contributed by atoms with E-state index < -0.39 is 0 Å². The minimum atomic E-state index is -0.332. The van der Waals surface area contributed by atoms with Gasteiger partial charge in [0.1, 0.15) is 5.82 Å². The zero-order valence-electron chi connectivity index (χ0n) is 11.5. The van der Waals surface area contributed by atoms with Crippen molar-refractivity contribution in [2.45, 2.75) is 31.7 Å². The standard InChI is InChI=1S/C14H17FN4O/c1-8-5-10(7-19-13(8)17-14(16)18-19)9-3-4-12(20-2)11(15)6-9/h3-4,6,8,10H,5,7H2,1-2H3,(H2,16,18). The van der Waals surface area contributed by atoms with Crippen LogP contribution in [0.1, 0.15) is 36.6 Å². The highest BCUT2D eigenvalue weighted by Gasteiger charge is 2.28. The number of aromatic nitrogens is 3. The molecule has 2 N–H and O–H groups in total. The van der Waals surface area contributed by atoms with Gasteiger partial charge in [-0.05, 0) is 24.1 Å². The van der Waals surface area contributed by atoms with E-state index in [1.807, 2.05) is 10.7 Å². The number of nitrogens with two attached hydrogens (primary N) is 1. The molecule has 2 unspecified atom stereocenters. The first-order chi connectivity index (χ1) is 9.58. The summed E-state index contributed by atoms with van der Waals surface area (Å²) in [6, 6.07) is 5.12. The van der Waals surface area contributed by atoms with Crippen LogP contribution in [-0.2, 0) is 6.54 Å². The van der Waals surface area contributed by atoms with E-state index in [0.29, 0.717) is 12.5 Å². The maximum absolute atomic E-state index is 13.8. The Morgan fingerprint density at radius 3 is 2.95 bits per heavy atom. The minimum absolute atomic E-state index is 0.207. The summed E-state index contributed by atoms with van der Waals surface area (Å²) in [6.45, 7) is 2.77. The van der Waals surface area contributed by atoms with Crippen LogP contribution in [-0.4, -0.2) is 21.9 Å². The van der Waals surface area contributed by atoms with Gasteiger partial charge in [0.15, 0.2) is 11.6 Å². The van der Waals surface area contributed by atoms with E-state index in [2.05, 4.69) is 17.0 Å². The fourth-order valence-electron chi connectivity index (χ4n) is 2.86. The lowest BCUT2D eigenvalue weighted by atomic mass is 9.86. The first-order valence-corrected chi connectivity index (χ1v) is 6.62. The van der Waals surface area contributed by atoms with Gasteiger partial charge < -0.3 is 10.5 Å². The third-order valence-corrected chi connectivity index (χ3v) is 3.84. The van der Waals surface area contributed by atoms with Crippen molar-refractivity contribution in [2.24, 2.45) is 0 Å². The van der Waals surface area contributed by atoms with E-state index in [-0.39, 0.29) is 23.4 Å². The summed E-state index contributed by atoms with van der Waals surface area (Å²) in [7, 11) is 1.46. The normalized spacial score (nSPS) is 21.6. The van der Waals surface area contributed by atoms with Gasteiger partial charge in [-0.15, -0.1) is 5.10 Å². The number of nitrogens with zero attached hydrogens (tertiary/aromatic N) is 3. The van der Waals surface area contributed by atoms with E-state index in [1.165, 1.54) is 7.11 Å². The van der Waals surface area contributed by atoms with Crippen LogP contribution in [0, 0.1) is 5.82 Å². The molecular weight excluding hydrogens is 259 g/mol. The third-order valence-electron chi connectivity index (χ3n) is 3.84. The maximum atomic E-state index is 13.8. The lowest BCUT2D eigenvalue weighted by molar-refractivity contribution is 0.373. The van der Waals surface area contributed by atoms with E-state index in [9.17, 15) is 4.39 Å². The Kier molecular flexibility index (Phi) is 3.08. The van der Waals surface area contributed by atoms with E-state index in [4.69, 9.17) is 10.5 Å². The monoisotopic (exact) mass is 276 g/mol. The second-order valence-corrected chi connectivity index (χ2v) is 5.24. The van der Waals surface area contributed by atoms with Gasteiger partial charge in [0.2, 0.25) is 5.95 Å². The smallest absolute Gasteiger partial charge is 0.239 e. The first-order valence-electron chi connectivity index (χ1n) is 6.62. The molecule has 3 rings (SSSR count). The fourth-order valence-corrected chi connectivity index (χ4v) is 2.86. The van der Waals surface area contributed by atoms with Crippen LogP contribution in [0.15, 0.2) is 18.2 Å². The van der Waals surface area contributed by atoms with Gasteiger partial charge in [-0.1, -0.05) is 13.0 Å². The molecule has 1 aromatic heterocycles. The zero-order chi connectivity index (χ0) is 14.3. The number of anilines is 1. The molecule has 1 aromatic carbocycles. The topological polar surface area (TPSA) is 66.0 Å². The summed E-state index contributed by atoms with van der Waals surface area (Å²) in [5.41, 5.74) is 6.60. The second kappa shape index (κ2) is 4.77. The molecular formula is C14H17FN4O. The number of rotatable bonds is 2. The van der Waals surface area contributed by atoms with Gasteiger partial charge in [-0.2, -0.15) is 4.98 Å². The third kappa shape index (κ3) is 2.11. The molecule has 6 heteroatoms. The van der Waals surface area contributed by atoms with Crippen molar-refractivity contribution in [3.05, 3.63) is 35.4 Å². The van der Waals surface area contributed by atoms with Crippen LogP contribution in [0.5, 0.6) is 5.75 Å². The van der Waals surface area contributed by atoms with Crippen LogP contribution in [0.2, 0.25) is 0 Å². The number of hydrogen-bond acceptors (Lipinski definition) is 4. The van der Waals surface area contributed by atoms with E-state index in [1.54, 1.807) is 12.1 Å². The quantitative estimate of drug-likeness (QED) is 0.914. The molecule has 0 bridgehead atoms. The Hall–Kier alpha value is -2.11. The van der Waals surface area contributed by atoms with Gasteiger partial charge in [0, 0.05) is 18.4 Å². The Labute approximate surface area is 116 Å².